The number of ether oxygens (including phenoxy) is 1. The molecule has 0 aliphatic carbocycles. The maximum absolute atomic E-state index is 11.9. The molecule has 0 aliphatic heterocycles. The van der Waals surface area contributed by atoms with Gasteiger partial charge < -0.3 is 9.84 Å². The van der Waals surface area contributed by atoms with Crippen LogP contribution >= 0.6 is 0 Å². The smallest absolute Gasteiger partial charge is 0.235 e. The van der Waals surface area contributed by atoms with Crippen LogP contribution in [-0.2, 0) is 14.8 Å². The second-order valence-corrected chi connectivity index (χ2v) is 6.54. The SMILES string of the molecule is CC(C)OCCS(=O)(=O)Nc1cccc(C#CCCO)c1. The van der Waals surface area contributed by atoms with E-state index in [4.69, 9.17) is 9.84 Å². The molecular formula is C15H21NO4S. The number of aliphatic hydroxyl groups is 1. The van der Waals surface area contributed by atoms with Crippen LogP contribution in [0.3, 0.4) is 0 Å². The van der Waals surface area contributed by atoms with E-state index in [0.717, 1.165) is 0 Å². The molecule has 0 unspecified atom stereocenters. The number of anilines is 1. The van der Waals surface area contributed by atoms with Crippen LogP contribution in [0.15, 0.2) is 24.3 Å². The summed E-state index contributed by atoms with van der Waals surface area (Å²) >= 11 is 0. The summed E-state index contributed by atoms with van der Waals surface area (Å²) in [5.74, 6) is 5.56. The molecule has 0 aromatic heterocycles. The first kappa shape index (κ1) is 17.5. The summed E-state index contributed by atoms with van der Waals surface area (Å²) in [6.07, 6.45) is 0.396. The van der Waals surface area contributed by atoms with Gasteiger partial charge in [-0.1, -0.05) is 17.9 Å². The van der Waals surface area contributed by atoms with Crippen LogP contribution in [0.2, 0.25) is 0 Å². The summed E-state index contributed by atoms with van der Waals surface area (Å²) in [7, 11) is -3.44. The number of rotatable bonds is 7. The van der Waals surface area contributed by atoms with Gasteiger partial charge in [-0.3, -0.25) is 4.72 Å². The Morgan fingerprint density at radius 2 is 2.14 bits per heavy atom. The molecule has 116 valence electrons. The second-order valence-electron chi connectivity index (χ2n) is 4.70. The average Bonchev–Trinajstić information content (AvgIpc) is 2.38. The third-order valence-electron chi connectivity index (χ3n) is 2.41. The fourth-order valence-electron chi connectivity index (χ4n) is 1.51. The van der Waals surface area contributed by atoms with Crippen molar-refractivity contribution in [2.45, 2.75) is 26.4 Å². The Labute approximate surface area is 126 Å². The quantitative estimate of drug-likeness (QED) is 0.750. The van der Waals surface area contributed by atoms with E-state index in [1.807, 2.05) is 13.8 Å². The largest absolute Gasteiger partial charge is 0.395 e. The summed E-state index contributed by atoms with van der Waals surface area (Å²) in [4.78, 5) is 0. The van der Waals surface area contributed by atoms with E-state index in [-0.39, 0.29) is 25.1 Å². The van der Waals surface area contributed by atoms with Crippen LogP contribution in [0.4, 0.5) is 5.69 Å². The fourth-order valence-corrected chi connectivity index (χ4v) is 2.41. The minimum atomic E-state index is -3.44. The molecule has 1 aromatic rings. The van der Waals surface area contributed by atoms with Gasteiger partial charge in [0.2, 0.25) is 10.0 Å². The lowest BCUT2D eigenvalue weighted by Crippen LogP contribution is -2.21. The Balaban J connectivity index is 2.66. The van der Waals surface area contributed by atoms with E-state index < -0.39 is 10.0 Å². The van der Waals surface area contributed by atoms with Gasteiger partial charge in [-0.25, -0.2) is 8.42 Å². The molecule has 0 spiro atoms. The van der Waals surface area contributed by atoms with Crippen molar-refractivity contribution in [3.8, 4) is 11.8 Å². The Kier molecular flexibility index (Phi) is 7.23. The van der Waals surface area contributed by atoms with E-state index in [2.05, 4.69) is 16.6 Å². The highest BCUT2D eigenvalue weighted by atomic mass is 32.2. The van der Waals surface area contributed by atoms with E-state index in [0.29, 0.717) is 17.7 Å². The highest BCUT2D eigenvalue weighted by Crippen LogP contribution is 2.12. The first-order chi connectivity index (χ1) is 9.93. The van der Waals surface area contributed by atoms with Crippen molar-refractivity contribution in [1.29, 1.82) is 0 Å². The summed E-state index contributed by atoms with van der Waals surface area (Å²) in [5, 5.41) is 8.67. The van der Waals surface area contributed by atoms with Crippen molar-refractivity contribution < 1.29 is 18.3 Å². The Morgan fingerprint density at radius 3 is 2.81 bits per heavy atom. The van der Waals surface area contributed by atoms with Gasteiger partial charge in [0.25, 0.3) is 0 Å². The summed E-state index contributed by atoms with van der Waals surface area (Å²) < 4.78 is 31.5. The van der Waals surface area contributed by atoms with Gasteiger partial charge in [0.15, 0.2) is 0 Å². The minimum Gasteiger partial charge on any atom is -0.395 e. The van der Waals surface area contributed by atoms with Crippen LogP contribution in [0, 0.1) is 11.8 Å². The van der Waals surface area contributed by atoms with Crippen LogP contribution in [0.25, 0.3) is 0 Å². The van der Waals surface area contributed by atoms with Gasteiger partial charge in [0.05, 0.1) is 25.1 Å². The van der Waals surface area contributed by atoms with Gasteiger partial charge in [0.1, 0.15) is 0 Å². The first-order valence-corrected chi connectivity index (χ1v) is 8.40. The van der Waals surface area contributed by atoms with Crippen LogP contribution in [-0.4, -0.2) is 38.6 Å². The Morgan fingerprint density at radius 1 is 1.38 bits per heavy atom. The predicted molar refractivity (Wildman–Crippen MR) is 83.5 cm³/mol. The van der Waals surface area contributed by atoms with Crippen molar-refractivity contribution in [3.05, 3.63) is 29.8 Å². The molecule has 0 fully saturated rings. The molecule has 0 bridgehead atoms. The number of sulfonamides is 1. The molecule has 0 saturated carbocycles. The molecular weight excluding hydrogens is 290 g/mol. The van der Waals surface area contributed by atoms with Gasteiger partial charge in [-0.05, 0) is 32.0 Å². The number of nitrogens with one attached hydrogen (secondary N) is 1. The van der Waals surface area contributed by atoms with E-state index in [1.54, 1.807) is 24.3 Å². The Hall–Kier alpha value is -1.55. The van der Waals surface area contributed by atoms with Gasteiger partial charge in [-0.15, -0.1) is 0 Å². The zero-order valence-electron chi connectivity index (χ0n) is 12.3. The predicted octanol–water partition coefficient (Wildman–Crippen LogP) is 1.59. The Bertz CT molecular complexity index is 600. The third kappa shape index (κ3) is 7.71. The van der Waals surface area contributed by atoms with Crippen LogP contribution in [0.5, 0.6) is 0 Å². The molecule has 0 amide bonds. The molecule has 1 aromatic carbocycles. The fraction of sp³-hybridized carbons (Fsp3) is 0.467. The van der Waals surface area contributed by atoms with Gasteiger partial charge >= 0.3 is 0 Å². The standard InChI is InChI=1S/C15H21NO4S/c1-13(2)20-10-11-21(18,19)16-15-8-5-7-14(12-15)6-3-4-9-17/h5,7-8,12-13,16-17H,4,9-11H2,1-2H3. The first-order valence-electron chi connectivity index (χ1n) is 6.75. The molecule has 0 saturated heterocycles. The third-order valence-corrected chi connectivity index (χ3v) is 3.66. The highest BCUT2D eigenvalue weighted by molar-refractivity contribution is 7.92. The summed E-state index contributed by atoms with van der Waals surface area (Å²) in [6.45, 7) is 3.88. The summed E-state index contributed by atoms with van der Waals surface area (Å²) in [6, 6.07) is 6.83. The van der Waals surface area contributed by atoms with Gasteiger partial charge in [-0.2, -0.15) is 0 Å². The molecule has 21 heavy (non-hydrogen) atoms. The minimum absolute atomic E-state index is 0.00493. The lowest BCUT2D eigenvalue weighted by Gasteiger charge is -2.10. The van der Waals surface area contributed by atoms with Crippen LogP contribution in [0.1, 0.15) is 25.8 Å². The van der Waals surface area contributed by atoms with Crippen molar-refractivity contribution >= 4 is 15.7 Å². The van der Waals surface area contributed by atoms with E-state index in [9.17, 15) is 8.42 Å². The molecule has 1 rings (SSSR count). The number of aliphatic hydroxyl groups excluding tert-OH is 1. The molecule has 0 radical (unpaired) electrons. The molecule has 2 N–H and O–H groups in total. The topological polar surface area (TPSA) is 75.6 Å². The maximum Gasteiger partial charge on any atom is 0.235 e. The van der Waals surface area contributed by atoms with Crippen molar-refractivity contribution in [2.75, 3.05) is 23.7 Å². The summed E-state index contributed by atoms with van der Waals surface area (Å²) in [5.41, 5.74) is 1.16. The molecule has 0 atom stereocenters. The van der Waals surface area contributed by atoms with Crippen molar-refractivity contribution in [3.63, 3.8) is 0 Å². The van der Waals surface area contributed by atoms with Gasteiger partial charge in [0, 0.05) is 17.7 Å². The lowest BCUT2D eigenvalue weighted by molar-refractivity contribution is 0.0913. The van der Waals surface area contributed by atoms with E-state index in [1.165, 1.54) is 0 Å². The number of benzene rings is 1. The van der Waals surface area contributed by atoms with E-state index >= 15 is 0 Å². The number of hydrogen-bond acceptors (Lipinski definition) is 4. The second kappa shape index (κ2) is 8.67. The zero-order chi connectivity index (χ0) is 15.7. The molecule has 5 nitrogen and oxygen atoms in total. The van der Waals surface area contributed by atoms with Crippen molar-refractivity contribution in [2.24, 2.45) is 0 Å². The number of hydrogen-bond donors (Lipinski definition) is 2. The lowest BCUT2D eigenvalue weighted by atomic mass is 10.2. The average molecular weight is 311 g/mol. The van der Waals surface area contributed by atoms with Crippen LogP contribution < -0.4 is 4.72 Å². The highest BCUT2D eigenvalue weighted by Gasteiger charge is 2.11. The molecule has 0 heterocycles. The zero-order valence-corrected chi connectivity index (χ0v) is 13.1. The normalized spacial score (nSPS) is 11.0. The molecule has 6 heteroatoms. The monoisotopic (exact) mass is 311 g/mol. The molecule has 0 aliphatic rings. The van der Waals surface area contributed by atoms with Crippen molar-refractivity contribution in [1.82, 2.24) is 0 Å². The maximum atomic E-state index is 11.9.